The molecule has 0 saturated heterocycles. The molecule has 6 N–H and O–H groups in total. The number of primary amides is 1. The number of hydrogen-bond acceptors (Lipinski definition) is 5. The molecule has 3 atom stereocenters. The molecule has 0 spiro atoms. The Hall–Kier alpha value is -1.93. The molecule has 0 aromatic rings. The lowest BCUT2D eigenvalue weighted by Gasteiger charge is -2.30. The number of hydrogen-bond donors (Lipinski definition) is 5. The molecule has 3 amide bonds. The molecule has 0 radical (unpaired) electrons. The molecule has 8 heteroatoms. The summed E-state index contributed by atoms with van der Waals surface area (Å²) < 4.78 is 0. The number of amides is 3. The van der Waals surface area contributed by atoms with Crippen LogP contribution in [-0.2, 0) is 14.4 Å². The van der Waals surface area contributed by atoms with Crippen molar-refractivity contribution in [1.29, 1.82) is 0 Å². The summed E-state index contributed by atoms with van der Waals surface area (Å²) in [7, 11) is 0. The van der Waals surface area contributed by atoms with E-state index in [4.69, 9.17) is 5.73 Å². The molecule has 0 bridgehead atoms. The molecule has 0 fully saturated rings. The summed E-state index contributed by atoms with van der Waals surface area (Å²) in [6, 6.07) is -0.851. The van der Waals surface area contributed by atoms with Crippen molar-refractivity contribution in [3.8, 4) is 0 Å². The Balaban J connectivity index is 2.78. The molecule has 0 heterocycles. The fourth-order valence-electron chi connectivity index (χ4n) is 1.78. The van der Waals surface area contributed by atoms with Crippen LogP contribution < -0.4 is 16.4 Å². The highest BCUT2D eigenvalue weighted by Gasteiger charge is 2.33. The highest BCUT2D eigenvalue weighted by atomic mass is 16.3. The molecule has 1 rings (SSSR count). The first-order valence-electron chi connectivity index (χ1n) is 5.71. The fourth-order valence-corrected chi connectivity index (χ4v) is 1.78. The lowest BCUT2D eigenvalue weighted by molar-refractivity contribution is -0.123. The van der Waals surface area contributed by atoms with Gasteiger partial charge in [0.15, 0.2) is 0 Å². The van der Waals surface area contributed by atoms with Crippen LogP contribution in [-0.4, -0.2) is 52.7 Å². The number of nitrogens with one attached hydrogen (secondary N) is 2. The minimum absolute atomic E-state index is 0.0676. The monoisotopic (exact) mass is 271 g/mol. The molecular weight excluding hydrogens is 254 g/mol. The molecule has 19 heavy (non-hydrogen) atoms. The van der Waals surface area contributed by atoms with Crippen molar-refractivity contribution in [2.45, 2.75) is 31.6 Å². The summed E-state index contributed by atoms with van der Waals surface area (Å²) in [5.74, 6) is -1.66. The molecule has 1 aliphatic carbocycles. The van der Waals surface area contributed by atoms with Crippen molar-refractivity contribution in [3.63, 3.8) is 0 Å². The van der Waals surface area contributed by atoms with Gasteiger partial charge in [0, 0.05) is 18.9 Å². The Morgan fingerprint density at radius 1 is 1.42 bits per heavy atom. The number of aliphatic hydroxyl groups is 2. The van der Waals surface area contributed by atoms with Gasteiger partial charge in [0.05, 0.1) is 18.7 Å². The topological polar surface area (TPSA) is 142 Å². The lowest BCUT2D eigenvalue weighted by atomic mass is 9.90. The first-order valence-corrected chi connectivity index (χ1v) is 5.71. The van der Waals surface area contributed by atoms with Gasteiger partial charge >= 0.3 is 0 Å². The maximum absolute atomic E-state index is 11.7. The second-order valence-corrected chi connectivity index (χ2v) is 4.33. The largest absolute Gasteiger partial charge is 0.390 e. The second kappa shape index (κ2) is 6.30. The standard InChI is InChI=1S/C11H17N3O5/c1-5(15)14-7-2-6(3-8(16)10(7)18)11(19)13-4-9(12)17/h2,7-8,10,16,18H,3-4H2,1H3,(H2,12,17)(H,13,19)(H,14,15)/t7-,8-,10-/m1/s1. The molecule has 0 saturated carbocycles. The first kappa shape index (κ1) is 15.1. The zero-order chi connectivity index (χ0) is 14.6. The third-order valence-corrected chi connectivity index (χ3v) is 2.66. The molecule has 0 aliphatic heterocycles. The van der Waals surface area contributed by atoms with Crippen LogP contribution in [0.3, 0.4) is 0 Å². The lowest BCUT2D eigenvalue weighted by Crippen LogP contribution is -2.50. The minimum Gasteiger partial charge on any atom is -0.390 e. The predicted octanol–water partition coefficient (Wildman–Crippen LogP) is -2.86. The van der Waals surface area contributed by atoms with Gasteiger partial charge in [-0.05, 0) is 0 Å². The van der Waals surface area contributed by atoms with E-state index in [0.29, 0.717) is 0 Å². The van der Waals surface area contributed by atoms with Gasteiger partial charge in [-0.3, -0.25) is 14.4 Å². The van der Waals surface area contributed by atoms with Gasteiger partial charge in [-0.1, -0.05) is 6.08 Å². The van der Waals surface area contributed by atoms with Crippen LogP contribution in [0.15, 0.2) is 11.6 Å². The number of aliphatic hydroxyl groups excluding tert-OH is 2. The van der Waals surface area contributed by atoms with E-state index >= 15 is 0 Å². The van der Waals surface area contributed by atoms with Crippen molar-refractivity contribution in [3.05, 3.63) is 11.6 Å². The molecule has 0 aromatic heterocycles. The predicted molar refractivity (Wildman–Crippen MR) is 64.5 cm³/mol. The summed E-state index contributed by atoms with van der Waals surface area (Å²) in [5.41, 5.74) is 5.07. The van der Waals surface area contributed by atoms with E-state index in [1.54, 1.807) is 0 Å². The van der Waals surface area contributed by atoms with Crippen molar-refractivity contribution >= 4 is 17.7 Å². The summed E-state index contributed by atoms with van der Waals surface area (Å²) in [4.78, 5) is 33.2. The van der Waals surface area contributed by atoms with Gasteiger partial charge < -0.3 is 26.6 Å². The van der Waals surface area contributed by atoms with Crippen LogP contribution in [0.5, 0.6) is 0 Å². The fraction of sp³-hybridized carbons (Fsp3) is 0.545. The molecule has 8 nitrogen and oxygen atoms in total. The van der Waals surface area contributed by atoms with Crippen LogP contribution in [0, 0.1) is 0 Å². The summed E-state index contributed by atoms with van der Waals surface area (Å²) in [6.45, 7) is 0.938. The van der Waals surface area contributed by atoms with Gasteiger partial charge in [0.1, 0.15) is 6.10 Å². The quantitative estimate of drug-likeness (QED) is 0.374. The van der Waals surface area contributed by atoms with E-state index in [0.717, 1.165) is 0 Å². The Labute approximate surface area is 109 Å². The Kier molecular flexibility index (Phi) is 5.02. The Bertz CT molecular complexity index is 421. The zero-order valence-electron chi connectivity index (χ0n) is 10.4. The second-order valence-electron chi connectivity index (χ2n) is 4.33. The minimum atomic E-state index is -1.18. The van der Waals surface area contributed by atoms with Gasteiger partial charge in [-0.2, -0.15) is 0 Å². The Morgan fingerprint density at radius 3 is 2.58 bits per heavy atom. The number of carbonyl (C=O) groups is 3. The molecule has 0 aromatic carbocycles. The van der Waals surface area contributed by atoms with E-state index in [2.05, 4.69) is 10.6 Å². The smallest absolute Gasteiger partial charge is 0.247 e. The molecule has 0 unspecified atom stereocenters. The summed E-state index contributed by atoms with van der Waals surface area (Å²) in [5, 5.41) is 24.0. The van der Waals surface area contributed by atoms with E-state index in [1.165, 1.54) is 13.0 Å². The number of nitrogens with two attached hydrogens (primary N) is 1. The average Bonchev–Trinajstić information content (AvgIpc) is 2.31. The molecular formula is C11H17N3O5. The van der Waals surface area contributed by atoms with E-state index in [1.807, 2.05) is 0 Å². The van der Waals surface area contributed by atoms with E-state index < -0.39 is 36.0 Å². The number of carbonyl (C=O) groups excluding carboxylic acids is 3. The highest BCUT2D eigenvalue weighted by molar-refractivity contribution is 5.96. The molecule has 1 aliphatic rings. The van der Waals surface area contributed by atoms with Crippen molar-refractivity contribution in [1.82, 2.24) is 10.6 Å². The maximum atomic E-state index is 11.7. The first-order chi connectivity index (χ1) is 8.81. The third kappa shape index (κ3) is 4.34. The molecule has 106 valence electrons. The average molecular weight is 271 g/mol. The van der Waals surface area contributed by atoms with Gasteiger partial charge in [0.2, 0.25) is 17.7 Å². The van der Waals surface area contributed by atoms with Crippen LogP contribution in [0.4, 0.5) is 0 Å². The summed E-state index contributed by atoms with van der Waals surface area (Å²) >= 11 is 0. The zero-order valence-corrected chi connectivity index (χ0v) is 10.4. The Morgan fingerprint density at radius 2 is 2.05 bits per heavy atom. The van der Waals surface area contributed by atoms with Crippen LogP contribution in [0.25, 0.3) is 0 Å². The third-order valence-electron chi connectivity index (χ3n) is 2.66. The SMILES string of the molecule is CC(=O)N[C@@H]1C=C(C(=O)NCC(N)=O)C[C@@H](O)[C@@H]1O. The van der Waals surface area contributed by atoms with Crippen molar-refractivity contribution < 1.29 is 24.6 Å². The maximum Gasteiger partial charge on any atom is 0.247 e. The van der Waals surface area contributed by atoms with Gasteiger partial charge in [-0.15, -0.1) is 0 Å². The van der Waals surface area contributed by atoms with Crippen LogP contribution >= 0.6 is 0 Å². The van der Waals surface area contributed by atoms with Gasteiger partial charge in [-0.25, -0.2) is 0 Å². The highest BCUT2D eigenvalue weighted by Crippen LogP contribution is 2.19. The van der Waals surface area contributed by atoms with Crippen LogP contribution in [0.1, 0.15) is 13.3 Å². The normalized spacial score (nSPS) is 26.3. The number of rotatable bonds is 4. The van der Waals surface area contributed by atoms with E-state index in [9.17, 15) is 24.6 Å². The van der Waals surface area contributed by atoms with Crippen LogP contribution in [0.2, 0.25) is 0 Å². The van der Waals surface area contributed by atoms with Crippen molar-refractivity contribution in [2.24, 2.45) is 5.73 Å². The van der Waals surface area contributed by atoms with Gasteiger partial charge in [0.25, 0.3) is 0 Å². The summed E-state index contributed by atoms with van der Waals surface area (Å²) in [6.07, 6.45) is -1.07. The van der Waals surface area contributed by atoms with Crippen molar-refractivity contribution in [2.75, 3.05) is 6.54 Å². The van der Waals surface area contributed by atoms with E-state index in [-0.39, 0.29) is 18.5 Å².